The standard InChI is InChI=1S/C16H22BrNO/c1-10(2)5-7-13(17)11-6-8-14-12(9-11)16(3,4)15(19)18-14/h6,8-10,13H,5,7H2,1-4H3,(H,18,19). The maximum absolute atomic E-state index is 11.9. The molecule has 0 aliphatic carbocycles. The van der Waals surface area contributed by atoms with Crippen LogP contribution in [0.5, 0.6) is 0 Å². The Balaban J connectivity index is 2.23. The Hall–Kier alpha value is -0.830. The van der Waals surface area contributed by atoms with Gasteiger partial charge in [0, 0.05) is 10.5 Å². The number of carbonyl (C=O) groups excluding carboxylic acids is 1. The number of carbonyl (C=O) groups is 1. The summed E-state index contributed by atoms with van der Waals surface area (Å²) in [6.07, 6.45) is 2.33. The first kappa shape index (κ1) is 14.6. The Morgan fingerprint density at radius 3 is 2.58 bits per heavy atom. The van der Waals surface area contributed by atoms with E-state index in [-0.39, 0.29) is 5.91 Å². The SMILES string of the molecule is CC(C)CCC(Br)c1ccc2c(c1)C(C)(C)C(=O)N2. The Bertz CT molecular complexity index is 494. The highest BCUT2D eigenvalue weighted by Crippen LogP contribution is 2.40. The lowest BCUT2D eigenvalue weighted by molar-refractivity contribution is -0.119. The molecular weight excluding hydrogens is 302 g/mol. The summed E-state index contributed by atoms with van der Waals surface area (Å²) in [7, 11) is 0. The van der Waals surface area contributed by atoms with Crippen LogP contribution >= 0.6 is 15.9 Å². The quantitative estimate of drug-likeness (QED) is 0.793. The predicted molar refractivity (Wildman–Crippen MR) is 83.8 cm³/mol. The number of anilines is 1. The van der Waals surface area contributed by atoms with E-state index in [1.54, 1.807) is 0 Å². The van der Waals surface area contributed by atoms with Gasteiger partial charge in [-0.1, -0.05) is 41.9 Å². The molecule has 1 aromatic rings. The molecule has 2 rings (SSSR count). The molecule has 0 saturated carbocycles. The molecule has 2 nitrogen and oxygen atoms in total. The van der Waals surface area contributed by atoms with Gasteiger partial charge in [-0.2, -0.15) is 0 Å². The van der Waals surface area contributed by atoms with Crippen molar-refractivity contribution in [2.75, 3.05) is 5.32 Å². The van der Waals surface area contributed by atoms with Gasteiger partial charge in [0.2, 0.25) is 5.91 Å². The summed E-state index contributed by atoms with van der Waals surface area (Å²) in [5, 5.41) is 2.95. The van der Waals surface area contributed by atoms with E-state index in [1.165, 1.54) is 12.0 Å². The normalized spacial score (nSPS) is 18.3. The molecule has 1 aliphatic rings. The minimum absolute atomic E-state index is 0.0907. The van der Waals surface area contributed by atoms with Crippen molar-refractivity contribution in [2.24, 2.45) is 5.92 Å². The number of halogens is 1. The zero-order valence-corrected chi connectivity index (χ0v) is 13.7. The van der Waals surface area contributed by atoms with Gasteiger partial charge < -0.3 is 5.32 Å². The van der Waals surface area contributed by atoms with Crippen LogP contribution in [0.1, 0.15) is 56.5 Å². The second-order valence-electron chi connectivity index (χ2n) is 6.32. The Morgan fingerprint density at radius 1 is 1.26 bits per heavy atom. The number of nitrogens with one attached hydrogen (secondary N) is 1. The highest BCUT2D eigenvalue weighted by molar-refractivity contribution is 9.09. The Labute approximate surface area is 124 Å². The van der Waals surface area contributed by atoms with Gasteiger partial charge in [-0.05, 0) is 49.8 Å². The van der Waals surface area contributed by atoms with Crippen molar-refractivity contribution in [3.63, 3.8) is 0 Å². The fraction of sp³-hybridized carbons (Fsp3) is 0.562. The number of benzene rings is 1. The van der Waals surface area contributed by atoms with Gasteiger partial charge in [0.1, 0.15) is 0 Å². The van der Waals surface area contributed by atoms with Gasteiger partial charge in [-0.15, -0.1) is 0 Å². The zero-order valence-electron chi connectivity index (χ0n) is 12.1. The lowest BCUT2D eigenvalue weighted by atomic mass is 9.85. The van der Waals surface area contributed by atoms with Crippen LogP contribution < -0.4 is 5.32 Å². The molecule has 1 aromatic carbocycles. The highest BCUT2D eigenvalue weighted by Gasteiger charge is 2.38. The summed E-state index contributed by atoms with van der Waals surface area (Å²) in [5.74, 6) is 0.808. The molecular formula is C16H22BrNO. The van der Waals surface area contributed by atoms with E-state index in [0.29, 0.717) is 10.7 Å². The second-order valence-corrected chi connectivity index (χ2v) is 7.43. The lowest BCUT2D eigenvalue weighted by Gasteiger charge is -2.18. The lowest BCUT2D eigenvalue weighted by Crippen LogP contribution is -2.26. The van der Waals surface area contributed by atoms with E-state index in [4.69, 9.17) is 0 Å². The van der Waals surface area contributed by atoms with E-state index < -0.39 is 5.41 Å². The van der Waals surface area contributed by atoms with Crippen molar-refractivity contribution in [1.82, 2.24) is 0 Å². The summed E-state index contributed by atoms with van der Waals surface area (Å²) in [5.41, 5.74) is 2.92. The molecule has 0 spiro atoms. The topological polar surface area (TPSA) is 29.1 Å². The predicted octanol–water partition coefficient (Wildman–Crippen LogP) is 4.79. The van der Waals surface area contributed by atoms with E-state index in [1.807, 2.05) is 19.9 Å². The number of fused-ring (bicyclic) bond motifs is 1. The first-order valence-corrected chi connectivity index (χ1v) is 7.84. The maximum atomic E-state index is 11.9. The fourth-order valence-electron chi connectivity index (χ4n) is 2.43. The monoisotopic (exact) mass is 323 g/mol. The minimum atomic E-state index is -0.421. The molecule has 1 amide bonds. The van der Waals surface area contributed by atoms with E-state index >= 15 is 0 Å². The van der Waals surface area contributed by atoms with E-state index in [9.17, 15) is 4.79 Å². The van der Waals surface area contributed by atoms with Crippen molar-refractivity contribution in [3.8, 4) is 0 Å². The molecule has 0 radical (unpaired) electrons. The van der Waals surface area contributed by atoms with Gasteiger partial charge in [0.05, 0.1) is 5.41 Å². The molecule has 0 bridgehead atoms. The molecule has 0 aromatic heterocycles. The van der Waals surface area contributed by atoms with Crippen LogP contribution in [0.15, 0.2) is 18.2 Å². The largest absolute Gasteiger partial charge is 0.325 e. The number of hydrogen-bond donors (Lipinski definition) is 1. The van der Waals surface area contributed by atoms with Gasteiger partial charge >= 0.3 is 0 Å². The molecule has 1 heterocycles. The molecule has 1 unspecified atom stereocenters. The number of alkyl halides is 1. The average Bonchev–Trinajstić information content (AvgIpc) is 2.57. The van der Waals surface area contributed by atoms with Gasteiger partial charge in [0.15, 0.2) is 0 Å². The molecule has 0 saturated heterocycles. The molecule has 1 aliphatic heterocycles. The molecule has 1 atom stereocenters. The number of amides is 1. The number of rotatable bonds is 4. The van der Waals surface area contributed by atoms with Crippen LogP contribution in [0, 0.1) is 5.92 Å². The maximum Gasteiger partial charge on any atom is 0.234 e. The summed E-state index contributed by atoms with van der Waals surface area (Å²) >= 11 is 3.77. The van der Waals surface area contributed by atoms with Gasteiger partial charge in [-0.25, -0.2) is 0 Å². The summed E-state index contributed by atoms with van der Waals surface area (Å²) < 4.78 is 0. The van der Waals surface area contributed by atoms with Crippen LogP contribution in [0.4, 0.5) is 5.69 Å². The van der Waals surface area contributed by atoms with Crippen molar-refractivity contribution < 1.29 is 4.79 Å². The average molecular weight is 324 g/mol. The van der Waals surface area contributed by atoms with Gasteiger partial charge in [0.25, 0.3) is 0 Å². The van der Waals surface area contributed by atoms with Crippen molar-refractivity contribution in [3.05, 3.63) is 29.3 Å². The van der Waals surface area contributed by atoms with Crippen LogP contribution in [0.3, 0.4) is 0 Å². The van der Waals surface area contributed by atoms with Crippen LogP contribution in [0.2, 0.25) is 0 Å². The zero-order chi connectivity index (χ0) is 14.2. The van der Waals surface area contributed by atoms with Crippen molar-refractivity contribution >= 4 is 27.5 Å². The molecule has 0 fully saturated rings. The first-order chi connectivity index (χ1) is 8.82. The van der Waals surface area contributed by atoms with Crippen molar-refractivity contribution in [2.45, 2.75) is 50.8 Å². The number of hydrogen-bond acceptors (Lipinski definition) is 1. The summed E-state index contributed by atoms with van der Waals surface area (Å²) in [4.78, 5) is 12.3. The van der Waals surface area contributed by atoms with Crippen molar-refractivity contribution in [1.29, 1.82) is 0 Å². The second kappa shape index (κ2) is 5.28. The van der Waals surface area contributed by atoms with Crippen LogP contribution in [-0.4, -0.2) is 5.91 Å². The molecule has 19 heavy (non-hydrogen) atoms. The van der Waals surface area contributed by atoms with E-state index in [0.717, 1.165) is 17.7 Å². The third kappa shape index (κ3) is 2.86. The third-order valence-corrected chi connectivity index (χ3v) is 4.88. The molecule has 104 valence electrons. The molecule has 3 heteroatoms. The van der Waals surface area contributed by atoms with Crippen LogP contribution in [-0.2, 0) is 10.2 Å². The van der Waals surface area contributed by atoms with E-state index in [2.05, 4.69) is 47.2 Å². The minimum Gasteiger partial charge on any atom is -0.325 e. The first-order valence-electron chi connectivity index (χ1n) is 6.92. The smallest absolute Gasteiger partial charge is 0.234 e. The van der Waals surface area contributed by atoms with Crippen LogP contribution in [0.25, 0.3) is 0 Å². The Kier molecular flexibility index (Phi) is 4.05. The summed E-state index contributed by atoms with van der Waals surface area (Å²) in [6.45, 7) is 8.45. The third-order valence-electron chi connectivity index (χ3n) is 3.89. The summed E-state index contributed by atoms with van der Waals surface area (Å²) in [6, 6.07) is 6.31. The molecule has 1 N–H and O–H groups in total. The highest BCUT2D eigenvalue weighted by atomic mass is 79.9. The fourth-order valence-corrected chi connectivity index (χ4v) is 2.98. The Morgan fingerprint density at radius 2 is 1.95 bits per heavy atom. The van der Waals surface area contributed by atoms with Gasteiger partial charge in [-0.3, -0.25) is 4.79 Å².